The summed E-state index contributed by atoms with van der Waals surface area (Å²) in [6.07, 6.45) is 5.81. The number of aromatic nitrogens is 5. The number of carbonyl (C=O) groups excluding carboxylic acids is 1. The second kappa shape index (κ2) is 12.9. The number of piperidine rings is 1. The first-order chi connectivity index (χ1) is 19.9. The first-order valence-electron chi connectivity index (χ1n) is 13.7. The third-order valence-corrected chi connectivity index (χ3v) is 7.33. The summed E-state index contributed by atoms with van der Waals surface area (Å²) in [4.78, 5) is 36.3. The van der Waals surface area contributed by atoms with E-state index in [0.717, 1.165) is 34.9 Å². The molecule has 1 aliphatic heterocycles. The molecule has 1 saturated heterocycles. The van der Waals surface area contributed by atoms with Gasteiger partial charge in [0, 0.05) is 74.2 Å². The van der Waals surface area contributed by atoms with Crippen molar-refractivity contribution < 1.29 is 13.6 Å². The fourth-order valence-corrected chi connectivity index (χ4v) is 5.08. The molecule has 4 heterocycles. The van der Waals surface area contributed by atoms with Gasteiger partial charge in [-0.3, -0.25) is 14.7 Å². The summed E-state index contributed by atoms with van der Waals surface area (Å²) in [5.74, 6) is 1.11. The minimum atomic E-state index is -2.30. The number of amides is 1. The molecule has 1 aliphatic rings. The molecule has 41 heavy (non-hydrogen) atoms. The Morgan fingerprint density at radius 3 is 2.59 bits per heavy atom. The number of alkyl halides is 2. The third kappa shape index (κ3) is 6.88. The lowest BCUT2D eigenvalue weighted by Crippen LogP contribution is -2.41. The summed E-state index contributed by atoms with van der Waals surface area (Å²) < 4.78 is 25.2. The number of para-hydroxylation sites is 1. The summed E-state index contributed by atoms with van der Waals surface area (Å²) in [5, 5.41) is 10.2. The Morgan fingerprint density at radius 1 is 1.07 bits per heavy atom. The predicted octanol–water partition coefficient (Wildman–Crippen LogP) is 4.20. The second-order valence-electron chi connectivity index (χ2n) is 10.2. The lowest BCUT2D eigenvalue weighted by molar-refractivity contribution is 0.0769. The molecule has 0 aliphatic carbocycles. The fraction of sp³-hybridized carbons (Fsp3) is 0.379. The van der Waals surface area contributed by atoms with Gasteiger partial charge in [0.05, 0.1) is 23.3 Å². The van der Waals surface area contributed by atoms with Crippen LogP contribution in [0.5, 0.6) is 0 Å². The van der Waals surface area contributed by atoms with Crippen LogP contribution in [-0.2, 0) is 0 Å². The molecule has 1 fully saturated rings. The number of nitrogens with zero attached hydrogens (tertiary/aromatic N) is 6. The van der Waals surface area contributed by atoms with Crippen LogP contribution < -0.4 is 16.0 Å². The average Bonchev–Trinajstić information content (AvgIpc) is 3.00. The molecule has 5 rings (SSSR count). The minimum absolute atomic E-state index is 0.0838. The van der Waals surface area contributed by atoms with E-state index in [2.05, 4.69) is 47.8 Å². The molecule has 0 saturated carbocycles. The first kappa shape index (κ1) is 28.2. The van der Waals surface area contributed by atoms with E-state index in [-0.39, 0.29) is 24.4 Å². The Morgan fingerprint density at radius 2 is 1.85 bits per heavy atom. The van der Waals surface area contributed by atoms with E-state index >= 15 is 0 Å². The Hall–Kier alpha value is -4.32. The van der Waals surface area contributed by atoms with Gasteiger partial charge < -0.3 is 16.0 Å². The molecule has 12 heteroatoms. The molecule has 3 aromatic heterocycles. The van der Waals surface area contributed by atoms with Gasteiger partial charge in [0.2, 0.25) is 5.95 Å². The monoisotopic (exact) mass is 561 g/mol. The highest BCUT2D eigenvalue weighted by molar-refractivity contribution is 6.06. The fourth-order valence-electron chi connectivity index (χ4n) is 5.08. The Kier molecular flexibility index (Phi) is 8.88. The van der Waals surface area contributed by atoms with Gasteiger partial charge in [-0.05, 0) is 24.5 Å². The van der Waals surface area contributed by atoms with E-state index in [9.17, 15) is 13.6 Å². The molecule has 10 nitrogen and oxygen atoms in total. The highest BCUT2D eigenvalue weighted by Gasteiger charge is 2.22. The summed E-state index contributed by atoms with van der Waals surface area (Å²) in [7, 11) is 1.62. The zero-order valence-electron chi connectivity index (χ0n) is 23.0. The van der Waals surface area contributed by atoms with Crippen LogP contribution in [0.15, 0.2) is 55.2 Å². The molecule has 0 bridgehead atoms. The number of rotatable bonds is 10. The topological polar surface area (TPSA) is 121 Å². The van der Waals surface area contributed by atoms with E-state index in [0.29, 0.717) is 42.7 Å². The van der Waals surface area contributed by atoms with Crippen molar-refractivity contribution in [2.24, 2.45) is 0 Å². The molecular formula is C29H33F2N9O. The zero-order valence-corrected chi connectivity index (χ0v) is 23.0. The minimum Gasteiger partial charge on any atom is -0.369 e. The number of hydrogen-bond donors (Lipinski definition) is 3. The summed E-state index contributed by atoms with van der Waals surface area (Å²) >= 11 is 0. The van der Waals surface area contributed by atoms with Gasteiger partial charge in [0.25, 0.3) is 12.3 Å². The molecule has 0 unspecified atom stereocenters. The molecule has 3 N–H and O–H groups in total. The van der Waals surface area contributed by atoms with Crippen molar-refractivity contribution in [1.82, 2.24) is 35.1 Å². The maximum atomic E-state index is 12.6. The number of halogens is 2. The predicted molar refractivity (Wildman–Crippen MR) is 154 cm³/mol. The van der Waals surface area contributed by atoms with Crippen molar-refractivity contribution in [2.75, 3.05) is 43.9 Å². The summed E-state index contributed by atoms with van der Waals surface area (Å²) in [6, 6.07) is 9.61. The van der Waals surface area contributed by atoms with Crippen molar-refractivity contribution in [3.05, 3.63) is 66.4 Å². The second-order valence-corrected chi connectivity index (χ2v) is 10.2. The van der Waals surface area contributed by atoms with E-state index in [1.807, 2.05) is 24.3 Å². The number of pyridine rings is 1. The third-order valence-electron chi connectivity index (χ3n) is 7.33. The van der Waals surface area contributed by atoms with E-state index < -0.39 is 6.43 Å². The number of carbonyl (C=O) groups is 1. The lowest BCUT2D eigenvalue weighted by Gasteiger charge is -2.31. The Bertz CT molecular complexity index is 1480. The van der Waals surface area contributed by atoms with E-state index in [1.165, 1.54) is 6.33 Å². The highest BCUT2D eigenvalue weighted by atomic mass is 19.3. The molecule has 1 aromatic carbocycles. The normalized spacial score (nSPS) is 15.1. The number of anilines is 2. The van der Waals surface area contributed by atoms with Crippen LogP contribution in [0.25, 0.3) is 22.2 Å². The smallest absolute Gasteiger partial charge is 0.251 e. The van der Waals surface area contributed by atoms with Crippen LogP contribution in [0.2, 0.25) is 0 Å². The molecule has 1 atom stereocenters. The number of nitrogens with one attached hydrogen (secondary N) is 3. The standard InChI is InChI=1S/C29H33F2N9O/c1-18(21-4-3-5-22-23(28(41)32-2)6-9-33-27(21)22)13-34-26-12-24(37-17-38-26)19-14-35-29(36-15-19)39-20-7-10-40(11-8-20)16-25(30)31/h3-6,9,12,14-15,17-18,20,25H,7-8,10-11,13,16H2,1-2H3,(H,32,41)(H,34,37,38)(H,35,36,39)/t18-/m1/s1. The number of fused-ring (bicyclic) bond motifs is 1. The van der Waals surface area contributed by atoms with Crippen LogP contribution >= 0.6 is 0 Å². The van der Waals surface area contributed by atoms with Gasteiger partial charge in [0.1, 0.15) is 12.1 Å². The number of benzene rings is 1. The first-order valence-corrected chi connectivity index (χ1v) is 13.7. The molecule has 214 valence electrons. The lowest BCUT2D eigenvalue weighted by atomic mass is 9.96. The van der Waals surface area contributed by atoms with Crippen molar-refractivity contribution in [3.8, 4) is 11.3 Å². The van der Waals surface area contributed by atoms with Gasteiger partial charge in [-0.2, -0.15) is 0 Å². The van der Waals surface area contributed by atoms with Crippen LogP contribution in [0.3, 0.4) is 0 Å². The van der Waals surface area contributed by atoms with Crippen molar-refractivity contribution in [1.29, 1.82) is 0 Å². The molecular weight excluding hydrogens is 528 g/mol. The number of likely N-dealkylation sites (tertiary alicyclic amines) is 1. The van der Waals surface area contributed by atoms with Crippen molar-refractivity contribution in [3.63, 3.8) is 0 Å². The van der Waals surface area contributed by atoms with Crippen LogP contribution in [0.4, 0.5) is 20.5 Å². The molecule has 0 radical (unpaired) electrons. The number of hydrogen-bond acceptors (Lipinski definition) is 9. The zero-order chi connectivity index (χ0) is 28.8. The van der Waals surface area contributed by atoms with Gasteiger partial charge in [0.15, 0.2) is 0 Å². The average molecular weight is 562 g/mol. The summed E-state index contributed by atoms with van der Waals surface area (Å²) in [6.45, 7) is 3.77. The maximum Gasteiger partial charge on any atom is 0.251 e. The van der Waals surface area contributed by atoms with Gasteiger partial charge in [-0.1, -0.05) is 25.1 Å². The van der Waals surface area contributed by atoms with Crippen LogP contribution in [0.1, 0.15) is 41.6 Å². The van der Waals surface area contributed by atoms with Crippen molar-refractivity contribution >= 4 is 28.6 Å². The van der Waals surface area contributed by atoms with Crippen LogP contribution in [-0.4, -0.2) is 81.4 Å². The quantitative estimate of drug-likeness (QED) is 0.262. The van der Waals surface area contributed by atoms with E-state index in [4.69, 9.17) is 0 Å². The van der Waals surface area contributed by atoms with Gasteiger partial charge in [-0.25, -0.2) is 28.7 Å². The van der Waals surface area contributed by atoms with Crippen molar-refractivity contribution in [2.45, 2.75) is 38.2 Å². The SMILES string of the molecule is CNC(=O)c1ccnc2c([C@H](C)CNc3cc(-c4cnc(NC5CCN(CC(F)F)CC5)nc4)ncn3)cccc12. The Labute approximate surface area is 237 Å². The van der Waals surface area contributed by atoms with Gasteiger partial charge >= 0.3 is 0 Å². The highest BCUT2D eigenvalue weighted by Crippen LogP contribution is 2.27. The van der Waals surface area contributed by atoms with E-state index in [1.54, 1.807) is 36.6 Å². The summed E-state index contributed by atoms with van der Waals surface area (Å²) in [5.41, 5.74) is 3.87. The molecule has 4 aromatic rings. The van der Waals surface area contributed by atoms with Crippen LogP contribution in [0, 0.1) is 0 Å². The molecule has 0 spiro atoms. The maximum absolute atomic E-state index is 12.6. The Balaban J connectivity index is 1.20. The molecule has 1 amide bonds. The van der Waals surface area contributed by atoms with Gasteiger partial charge in [-0.15, -0.1) is 0 Å². The largest absolute Gasteiger partial charge is 0.369 e.